The summed E-state index contributed by atoms with van der Waals surface area (Å²) in [4.78, 5) is 23.5. The molecule has 2 aromatic carbocycles. The first-order chi connectivity index (χ1) is 18.3. The van der Waals surface area contributed by atoms with Crippen LogP contribution in [-0.2, 0) is 11.8 Å². The molecule has 0 bridgehead atoms. The van der Waals surface area contributed by atoms with Crippen LogP contribution in [0.3, 0.4) is 0 Å². The average Bonchev–Trinajstić information content (AvgIpc) is 3.28. The van der Waals surface area contributed by atoms with Crippen LogP contribution in [0.2, 0.25) is 0 Å². The monoisotopic (exact) mass is 512 g/mol. The summed E-state index contributed by atoms with van der Waals surface area (Å²) in [6.07, 6.45) is 4.63. The van der Waals surface area contributed by atoms with Gasteiger partial charge in [-0.3, -0.25) is 9.48 Å². The van der Waals surface area contributed by atoms with Gasteiger partial charge in [0.1, 0.15) is 17.9 Å². The number of hydrogen-bond donors (Lipinski definition) is 3. The maximum atomic E-state index is 12.3. The highest BCUT2D eigenvalue weighted by Crippen LogP contribution is 2.39. The van der Waals surface area contributed by atoms with E-state index in [2.05, 4.69) is 62.4 Å². The van der Waals surface area contributed by atoms with Gasteiger partial charge in [0.2, 0.25) is 5.91 Å². The molecular weight excluding hydrogens is 480 g/mol. The van der Waals surface area contributed by atoms with Crippen molar-refractivity contribution in [1.29, 1.82) is 0 Å². The lowest BCUT2D eigenvalue weighted by Crippen LogP contribution is -2.54. The van der Waals surface area contributed by atoms with Gasteiger partial charge >= 0.3 is 0 Å². The number of anilines is 4. The van der Waals surface area contributed by atoms with E-state index >= 15 is 0 Å². The molecule has 1 aliphatic heterocycles. The molecule has 2 atom stereocenters. The zero-order valence-electron chi connectivity index (χ0n) is 22.0. The van der Waals surface area contributed by atoms with Crippen LogP contribution in [0.4, 0.5) is 22.9 Å². The van der Waals surface area contributed by atoms with Crippen LogP contribution in [0.25, 0.3) is 22.2 Å². The number of benzene rings is 2. The summed E-state index contributed by atoms with van der Waals surface area (Å²) in [5.74, 6) is 0.943. The van der Waals surface area contributed by atoms with Crippen molar-refractivity contribution in [3.05, 3.63) is 61.6 Å². The zero-order chi connectivity index (χ0) is 26.8. The molecule has 0 radical (unpaired) electrons. The molecule has 196 valence electrons. The van der Waals surface area contributed by atoms with E-state index in [1.165, 1.54) is 12.4 Å². The number of aryl methyl sites for hydroxylation is 1. The Labute approximate surface area is 221 Å². The van der Waals surface area contributed by atoms with E-state index in [0.717, 1.165) is 40.9 Å². The topological polar surface area (TPSA) is 109 Å². The molecule has 4 aromatic rings. The summed E-state index contributed by atoms with van der Waals surface area (Å²) in [6.45, 7) is 9.51. The number of carbonyl (C=O) groups excluding carboxylic acids is 1. The Hall–Kier alpha value is -4.44. The minimum Gasteiger partial charge on any atom is -0.494 e. The third-order valence-electron chi connectivity index (χ3n) is 6.63. The average molecular weight is 513 g/mol. The standard InChI is InChI=1S/C28H32N8O2/c1-6-28(37)34-22-10-23(26(38-5)12-25(22)36-14-17(2)32-18(3)15-36)33-27-11-21(29-16-30-27)19-7-8-24-20(9-19)13-31-35(24)4/h6-13,16-18,32H,1,14-15H2,2-5H3,(H,34,37)(H,29,30,33)/t17-,18+. The Morgan fingerprint density at radius 1 is 1.13 bits per heavy atom. The number of hydrogen-bond acceptors (Lipinski definition) is 8. The molecule has 0 spiro atoms. The Balaban J connectivity index is 1.49. The van der Waals surface area contributed by atoms with Crippen molar-refractivity contribution < 1.29 is 9.53 Å². The predicted octanol–water partition coefficient (Wildman–Crippen LogP) is 4.09. The normalized spacial score (nSPS) is 17.3. The molecule has 1 amide bonds. The van der Waals surface area contributed by atoms with Gasteiger partial charge in [-0.1, -0.05) is 12.6 Å². The van der Waals surface area contributed by atoms with E-state index in [0.29, 0.717) is 35.0 Å². The minimum absolute atomic E-state index is 0.284. The van der Waals surface area contributed by atoms with Gasteiger partial charge < -0.3 is 25.6 Å². The van der Waals surface area contributed by atoms with Crippen LogP contribution in [0.1, 0.15) is 13.8 Å². The molecule has 0 unspecified atom stereocenters. The van der Waals surface area contributed by atoms with E-state index in [1.807, 2.05) is 48.3 Å². The molecule has 1 aliphatic rings. The first-order valence-electron chi connectivity index (χ1n) is 12.5. The second-order valence-electron chi connectivity index (χ2n) is 9.59. The van der Waals surface area contributed by atoms with Crippen molar-refractivity contribution in [2.45, 2.75) is 25.9 Å². The number of methoxy groups -OCH3 is 1. The van der Waals surface area contributed by atoms with Crippen LogP contribution >= 0.6 is 0 Å². The van der Waals surface area contributed by atoms with Crippen molar-refractivity contribution >= 4 is 39.7 Å². The van der Waals surface area contributed by atoms with E-state index in [1.54, 1.807) is 7.11 Å². The Morgan fingerprint density at radius 2 is 1.92 bits per heavy atom. The fourth-order valence-corrected chi connectivity index (χ4v) is 4.95. The van der Waals surface area contributed by atoms with Gasteiger partial charge in [-0.15, -0.1) is 0 Å². The summed E-state index contributed by atoms with van der Waals surface area (Å²) in [7, 11) is 3.55. The fourth-order valence-electron chi connectivity index (χ4n) is 4.95. The second kappa shape index (κ2) is 10.5. The number of carbonyl (C=O) groups is 1. The SMILES string of the molecule is C=CC(=O)Nc1cc(Nc2cc(-c3ccc4c(cnn4C)c3)ncn2)c(OC)cc1N1C[C@@H](C)N[C@@H](C)C1. The number of ether oxygens (including phenoxy) is 1. The molecule has 0 saturated carbocycles. The van der Waals surface area contributed by atoms with Gasteiger partial charge in [0, 0.05) is 55.3 Å². The minimum atomic E-state index is -0.284. The highest BCUT2D eigenvalue weighted by atomic mass is 16.5. The smallest absolute Gasteiger partial charge is 0.247 e. The van der Waals surface area contributed by atoms with Crippen LogP contribution in [-0.4, -0.2) is 57.9 Å². The third-order valence-corrected chi connectivity index (χ3v) is 6.63. The van der Waals surface area contributed by atoms with Gasteiger partial charge in [0.05, 0.1) is 41.6 Å². The second-order valence-corrected chi connectivity index (χ2v) is 9.59. The van der Waals surface area contributed by atoms with Crippen LogP contribution < -0.4 is 25.6 Å². The van der Waals surface area contributed by atoms with Gasteiger partial charge in [0.25, 0.3) is 0 Å². The maximum Gasteiger partial charge on any atom is 0.247 e. The van der Waals surface area contributed by atoms with E-state index in [4.69, 9.17) is 4.74 Å². The number of aromatic nitrogens is 4. The number of piperazine rings is 1. The van der Waals surface area contributed by atoms with E-state index in [-0.39, 0.29) is 5.91 Å². The summed E-state index contributed by atoms with van der Waals surface area (Å²) in [5.41, 5.74) is 4.99. The molecule has 3 N–H and O–H groups in total. The lowest BCUT2D eigenvalue weighted by molar-refractivity contribution is -0.111. The molecular formula is C28H32N8O2. The van der Waals surface area contributed by atoms with Gasteiger partial charge in [-0.2, -0.15) is 5.10 Å². The maximum absolute atomic E-state index is 12.3. The fraction of sp³-hybridized carbons (Fsp3) is 0.286. The number of amides is 1. The first-order valence-corrected chi connectivity index (χ1v) is 12.5. The van der Waals surface area contributed by atoms with Crippen molar-refractivity contribution in [3.8, 4) is 17.0 Å². The van der Waals surface area contributed by atoms with Gasteiger partial charge in [0.15, 0.2) is 0 Å². The molecule has 1 fully saturated rings. The quantitative estimate of drug-likeness (QED) is 0.318. The lowest BCUT2D eigenvalue weighted by atomic mass is 10.1. The predicted molar refractivity (Wildman–Crippen MR) is 151 cm³/mol. The largest absolute Gasteiger partial charge is 0.494 e. The Morgan fingerprint density at radius 3 is 2.66 bits per heavy atom. The molecule has 1 saturated heterocycles. The van der Waals surface area contributed by atoms with Crippen LogP contribution in [0.5, 0.6) is 5.75 Å². The number of fused-ring (bicyclic) bond motifs is 1. The van der Waals surface area contributed by atoms with Crippen molar-refractivity contribution in [2.24, 2.45) is 7.05 Å². The summed E-state index contributed by atoms with van der Waals surface area (Å²) in [6, 6.07) is 12.4. The van der Waals surface area contributed by atoms with Crippen LogP contribution in [0.15, 0.2) is 61.6 Å². The molecule has 10 nitrogen and oxygen atoms in total. The lowest BCUT2D eigenvalue weighted by Gasteiger charge is -2.38. The number of rotatable bonds is 7. The number of nitrogens with zero attached hydrogens (tertiary/aromatic N) is 5. The van der Waals surface area contributed by atoms with E-state index in [9.17, 15) is 4.79 Å². The summed E-state index contributed by atoms with van der Waals surface area (Å²) >= 11 is 0. The zero-order valence-corrected chi connectivity index (χ0v) is 22.0. The molecule has 5 rings (SSSR count). The summed E-state index contributed by atoms with van der Waals surface area (Å²) < 4.78 is 7.60. The Bertz CT molecular complexity index is 1490. The molecule has 0 aliphatic carbocycles. The van der Waals surface area contributed by atoms with Gasteiger partial charge in [-0.05, 0) is 38.1 Å². The molecule has 10 heteroatoms. The first kappa shape index (κ1) is 25.2. The van der Waals surface area contributed by atoms with E-state index < -0.39 is 0 Å². The molecule has 38 heavy (non-hydrogen) atoms. The van der Waals surface area contributed by atoms with Crippen molar-refractivity contribution in [2.75, 3.05) is 35.7 Å². The van der Waals surface area contributed by atoms with Crippen molar-refractivity contribution in [1.82, 2.24) is 25.1 Å². The Kier molecular flexibility index (Phi) is 6.97. The summed E-state index contributed by atoms with van der Waals surface area (Å²) in [5, 5.41) is 15.2. The number of nitrogens with one attached hydrogen (secondary N) is 3. The molecule has 2 aromatic heterocycles. The highest BCUT2D eigenvalue weighted by Gasteiger charge is 2.25. The third kappa shape index (κ3) is 5.16. The van der Waals surface area contributed by atoms with Crippen LogP contribution in [0, 0.1) is 0 Å². The van der Waals surface area contributed by atoms with Gasteiger partial charge in [-0.25, -0.2) is 9.97 Å². The highest BCUT2D eigenvalue weighted by molar-refractivity contribution is 6.02. The van der Waals surface area contributed by atoms with Crippen molar-refractivity contribution in [3.63, 3.8) is 0 Å². The molecule has 3 heterocycles.